The summed E-state index contributed by atoms with van der Waals surface area (Å²) in [6.45, 7) is 0. The fourth-order valence-electron chi connectivity index (χ4n) is 1.69. The van der Waals surface area contributed by atoms with E-state index in [0.717, 1.165) is 10.9 Å². The van der Waals surface area contributed by atoms with Gasteiger partial charge >= 0.3 is 5.97 Å². The Kier molecular flexibility index (Phi) is 4.74. The first-order valence-corrected chi connectivity index (χ1v) is 6.51. The van der Waals surface area contributed by atoms with E-state index >= 15 is 0 Å². The molecule has 2 aromatic carbocycles. The second-order valence-electron chi connectivity index (χ2n) is 4.22. The zero-order chi connectivity index (χ0) is 15.2. The van der Waals surface area contributed by atoms with Crippen molar-refractivity contribution >= 4 is 28.5 Å². The second kappa shape index (κ2) is 6.72. The number of halogens is 1. The lowest BCUT2D eigenvalue weighted by atomic mass is 10.2. The molecular weight excluding hydrogens is 290 g/mol. The highest BCUT2D eigenvalue weighted by Crippen LogP contribution is 2.08. The first kappa shape index (κ1) is 14.8. The van der Waals surface area contributed by atoms with Crippen LogP contribution in [0.2, 0.25) is 5.02 Å². The topological polar surface area (TPSA) is 70.2 Å². The van der Waals surface area contributed by atoms with Crippen LogP contribution in [0.4, 0.5) is 0 Å². The van der Waals surface area contributed by atoms with Gasteiger partial charge in [-0.1, -0.05) is 29.8 Å². The highest BCUT2D eigenvalue weighted by molar-refractivity contribution is 6.30. The molecule has 0 atom stereocenters. The smallest absolute Gasteiger partial charge is 0.335 e. The molecule has 21 heavy (non-hydrogen) atoms. The summed E-state index contributed by atoms with van der Waals surface area (Å²) in [5.74, 6) is -0.934. The summed E-state index contributed by atoms with van der Waals surface area (Å²) < 4.78 is 0. The highest BCUT2D eigenvalue weighted by atomic mass is 35.5. The number of carboxylic acid groups (broad SMARTS) is 1. The zero-order valence-electron chi connectivity index (χ0n) is 10.9. The highest BCUT2D eigenvalue weighted by Gasteiger charge is 1.99. The summed E-state index contributed by atoms with van der Waals surface area (Å²) in [6.07, 6.45) is 0. The van der Waals surface area contributed by atoms with Crippen molar-refractivity contribution in [3.8, 4) is 0 Å². The van der Waals surface area contributed by atoms with Crippen molar-refractivity contribution in [2.45, 2.75) is 0 Å². The van der Waals surface area contributed by atoms with Gasteiger partial charge in [-0.2, -0.15) is 0 Å². The van der Waals surface area contributed by atoms with Crippen LogP contribution in [-0.2, 0) is 0 Å². The summed E-state index contributed by atoms with van der Waals surface area (Å²) in [4.78, 5) is 23.8. The van der Waals surface area contributed by atoms with E-state index < -0.39 is 5.97 Å². The lowest BCUT2D eigenvalue weighted by Gasteiger charge is -1.93. The number of aromatic amines is 1. The van der Waals surface area contributed by atoms with Crippen LogP contribution in [0.3, 0.4) is 0 Å². The van der Waals surface area contributed by atoms with Crippen molar-refractivity contribution in [2.24, 2.45) is 0 Å². The van der Waals surface area contributed by atoms with Crippen LogP contribution in [0, 0.1) is 0 Å². The van der Waals surface area contributed by atoms with Crippen molar-refractivity contribution in [1.82, 2.24) is 4.98 Å². The molecule has 2 N–H and O–H groups in total. The van der Waals surface area contributed by atoms with E-state index in [2.05, 4.69) is 4.98 Å². The molecule has 0 fully saturated rings. The molecule has 0 radical (unpaired) electrons. The summed E-state index contributed by atoms with van der Waals surface area (Å²) in [5, 5.41) is 10.0. The summed E-state index contributed by atoms with van der Waals surface area (Å²) in [6, 6.07) is 17.1. The van der Waals surface area contributed by atoms with E-state index in [1.54, 1.807) is 12.1 Å². The Morgan fingerprint density at radius 1 is 0.952 bits per heavy atom. The van der Waals surface area contributed by atoms with Gasteiger partial charge in [0.05, 0.1) is 5.56 Å². The van der Waals surface area contributed by atoms with Crippen molar-refractivity contribution in [3.63, 3.8) is 0 Å². The number of para-hydroxylation sites is 1. The Hall–Kier alpha value is -2.59. The predicted octanol–water partition coefficient (Wildman–Crippen LogP) is 3.57. The number of aromatic nitrogens is 1. The number of carboxylic acids is 1. The number of pyridine rings is 1. The molecule has 106 valence electrons. The quantitative estimate of drug-likeness (QED) is 0.722. The second-order valence-corrected chi connectivity index (χ2v) is 4.66. The molecule has 5 heteroatoms. The Labute approximate surface area is 125 Å². The fraction of sp³-hybridized carbons (Fsp3) is 0. The maximum absolute atomic E-state index is 10.8. The van der Waals surface area contributed by atoms with Crippen molar-refractivity contribution in [2.75, 3.05) is 0 Å². The van der Waals surface area contributed by atoms with E-state index in [4.69, 9.17) is 16.7 Å². The fourth-order valence-corrected chi connectivity index (χ4v) is 1.81. The van der Waals surface area contributed by atoms with E-state index in [9.17, 15) is 9.59 Å². The third-order valence-electron chi connectivity index (χ3n) is 2.72. The number of fused-ring (bicyclic) bond motifs is 1. The van der Waals surface area contributed by atoms with E-state index in [1.807, 2.05) is 30.3 Å². The maximum atomic E-state index is 10.8. The van der Waals surface area contributed by atoms with Gasteiger partial charge in [-0.25, -0.2) is 4.79 Å². The largest absolute Gasteiger partial charge is 0.478 e. The van der Waals surface area contributed by atoms with Gasteiger partial charge < -0.3 is 10.1 Å². The Balaban J connectivity index is 0.000000155. The normalized spacial score (nSPS) is 9.76. The van der Waals surface area contributed by atoms with E-state index in [1.165, 1.54) is 18.2 Å². The molecular formula is C16H12ClNO3. The number of aromatic carboxylic acids is 1. The minimum Gasteiger partial charge on any atom is -0.478 e. The van der Waals surface area contributed by atoms with Crippen LogP contribution in [-0.4, -0.2) is 16.1 Å². The molecule has 0 amide bonds. The number of benzene rings is 2. The molecule has 0 aliphatic rings. The molecule has 1 heterocycles. The van der Waals surface area contributed by atoms with Gasteiger partial charge in [0.1, 0.15) is 0 Å². The third kappa shape index (κ3) is 4.19. The maximum Gasteiger partial charge on any atom is 0.335 e. The Morgan fingerprint density at radius 3 is 2.29 bits per heavy atom. The van der Waals surface area contributed by atoms with Gasteiger partial charge in [-0.15, -0.1) is 0 Å². The number of H-pyrrole nitrogens is 1. The molecule has 0 saturated heterocycles. The van der Waals surface area contributed by atoms with Crippen LogP contribution in [0.15, 0.2) is 65.5 Å². The average Bonchev–Trinajstić information content (AvgIpc) is 2.48. The number of hydrogen-bond acceptors (Lipinski definition) is 2. The molecule has 0 saturated carbocycles. The predicted molar refractivity (Wildman–Crippen MR) is 83.0 cm³/mol. The van der Waals surface area contributed by atoms with Crippen LogP contribution < -0.4 is 5.56 Å². The Bertz CT molecular complexity index is 809. The van der Waals surface area contributed by atoms with Gasteiger partial charge in [-0.3, -0.25) is 4.79 Å². The number of carbonyl (C=O) groups is 1. The minimum absolute atomic E-state index is 0.0521. The van der Waals surface area contributed by atoms with Gasteiger partial charge in [-0.05, 0) is 41.8 Å². The van der Waals surface area contributed by atoms with E-state index in [0.29, 0.717) is 5.02 Å². The summed E-state index contributed by atoms with van der Waals surface area (Å²) in [7, 11) is 0. The SMILES string of the molecule is O=C(O)c1ccc(Cl)cc1.O=c1ccc2ccccc2[nH]1. The molecule has 3 aromatic rings. The van der Waals surface area contributed by atoms with Crippen LogP contribution in [0.5, 0.6) is 0 Å². The van der Waals surface area contributed by atoms with Crippen molar-refractivity contribution < 1.29 is 9.90 Å². The number of hydrogen-bond donors (Lipinski definition) is 2. The number of rotatable bonds is 1. The molecule has 1 aromatic heterocycles. The van der Waals surface area contributed by atoms with Gasteiger partial charge in [0.25, 0.3) is 0 Å². The van der Waals surface area contributed by atoms with Crippen LogP contribution >= 0.6 is 11.6 Å². The zero-order valence-corrected chi connectivity index (χ0v) is 11.7. The van der Waals surface area contributed by atoms with Crippen LogP contribution in [0.1, 0.15) is 10.4 Å². The minimum atomic E-state index is -0.934. The lowest BCUT2D eigenvalue weighted by Crippen LogP contribution is -2.01. The Morgan fingerprint density at radius 2 is 1.62 bits per heavy atom. The summed E-state index contributed by atoms with van der Waals surface area (Å²) >= 11 is 5.52. The van der Waals surface area contributed by atoms with Crippen molar-refractivity contribution in [3.05, 3.63) is 81.6 Å². The molecule has 4 nitrogen and oxygen atoms in total. The number of nitrogens with one attached hydrogen (secondary N) is 1. The lowest BCUT2D eigenvalue weighted by molar-refractivity contribution is 0.0697. The standard InChI is InChI=1S/C9H7NO.C7H5ClO2/c11-9-6-5-7-3-1-2-4-8(7)10-9;8-6-3-1-5(2-4-6)7(9)10/h1-6H,(H,10,11);1-4H,(H,9,10). The first-order valence-electron chi connectivity index (χ1n) is 6.13. The van der Waals surface area contributed by atoms with Gasteiger partial charge in [0.2, 0.25) is 5.56 Å². The first-order chi connectivity index (χ1) is 10.1. The molecule has 0 aliphatic heterocycles. The van der Waals surface area contributed by atoms with E-state index in [-0.39, 0.29) is 11.1 Å². The molecule has 0 spiro atoms. The average molecular weight is 302 g/mol. The van der Waals surface area contributed by atoms with Gasteiger partial charge in [0.15, 0.2) is 0 Å². The van der Waals surface area contributed by atoms with Crippen LogP contribution in [0.25, 0.3) is 10.9 Å². The molecule has 0 unspecified atom stereocenters. The van der Waals surface area contributed by atoms with Crippen molar-refractivity contribution in [1.29, 1.82) is 0 Å². The molecule has 3 rings (SSSR count). The molecule has 0 aliphatic carbocycles. The monoisotopic (exact) mass is 301 g/mol. The summed E-state index contributed by atoms with van der Waals surface area (Å²) in [5.41, 5.74) is 1.09. The molecule has 0 bridgehead atoms. The third-order valence-corrected chi connectivity index (χ3v) is 2.98. The van der Waals surface area contributed by atoms with Gasteiger partial charge in [0, 0.05) is 16.6 Å².